The average Bonchev–Trinajstić information content (AvgIpc) is 2.76. The van der Waals surface area contributed by atoms with E-state index in [9.17, 15) is 0 Å². The van der Waals surface area contributed by atoms with Crippen LogP contribution in [0.4, 0.5) is 5.69 Å². The van der Waals surface area contributed by atoms with Crippen LogP contribution < -0.4 is 5.32 Å². The first kappa shape index (κ1) is 12.6. The Morgan fingerprint density at radius 1 is 1.41 bits per heavy atom. The monoisotopic (exact) mass is 254 g/mol. The van der Waals surface area contributed by atoms with Crippen molar-refractivity contribution in [2.24, 2.45) is 0 Å². The molecule has 0 atom stereocenters. The molecule has 17 heavy (non-hydrogen) atoms. The molecule has 2 rings (SSSR count). The molecule has 1 saturated carbocycles. The van der Waals surface area contributed by atoms with E-state index in [1.54, 1.807) is 6.20 Å². The largest absolute Gasteiger partial charge is 0.382 e. The second-order valence-corrected chi connectivity index (χ2v) is 5.33. The lowest BCUT2D eigenvalue weighted by molar-refractivity contribution is 0.172. The van der Waals surface area contributed by atoms with Crippen molar-refractivity contribution in [2.45, 2.75) is 31.2 Å². The van der Waals surface area contributed by atoms with Gasteiger partial charge >= 0.3 is 0 Å². The van der Waals surface area contributed by atoms with Gasteiger partial charge in [0.25, 0.3) is 0 Å². The first-order chi connectivity index (χ1) is 8.12. The van der Waals surface area contributed by atoms with Crippen molar-refractivity contribution < 1.29 is 0 Å². The zero-order valence-corrected chi connectivity index (χ0v) is 11.2. The Morgan fingerprint density at radius 2 is 2.12 bits per heavy atom. The maximum absolute atomic E-state index is 5.81. The fraction of sp³-hybridized carbons (Fsp3) is 0.667. The maximum Gasteiger partial charge on any atom is 0.153 e. The Bertz CT molecular complexity index is 375. The molecule has 0 spiro atoms. The molecule has 1 aliphatic rings. The van der Waals surface area contributed by atoms with E-state index in [-0.39, 0.29) is 5.54 Å². The molecule has 1 aliphatic carbocycles. The molecule has 1 aromatic rings. The first-order valence-corrected chi connectivity index (χ1v) is 6.40. The van der Waals surface area contributed by atoms with Crippen molar-refractivity contribution in [1.82, 2.24) is 15.1 Å². The third-order valence-corrected chi connectivity index (χ3v) is 3.91. The van der Waals surface area contributed by atoms with Crippen molar-refractivity contribution >= 4 is 17.3 Å². The van der Waals surface area contributed by atoms with Crippen molar-refractivity contribution in [3.8, 4) is 0 Å². The van der Waals surface area contributed by atoms with Gasteiger partial charge in [0, 0.05) is 18.2 Å². The molecule has 0 radical (unpaired) electrons. The highest BCUT2D eigenvalue weighted by atomic mass is 35.5. The maximum atomic E-state index is 5.81. The summed E-state index contributed by atoms with van der Waals surface area (Å²) in [5, 5.41) is 11.4. The van der Waals surface area contributed by atoms with Gasteiger partial charge in [-0.1, -0.05) is 24.4 Å². The minimum Gasteiger partial charge on any atom is -0.382 e. The highest BCUT2D eigenvalue weighted by Gasteiger charge is 2.35. The number of halogens is 1. The van der Waals surface area contributed by atoms with Crippen molar-refractivity contribution in [3.63, 3.8) is 0 Å². The summed E-state index contributed by atoms with van der Waals surface area (Å²) < 4.78 is 0. The Balaban J connectivity index is 2.01. The molecule has 1 N–H and O–H groups in total. The second-order valence-electron chi connectivity index (χ2n) is 4.95. The van der Waals surface area contributed by atoms with E-state index in [4.69, 9.17) is 11.6 Å². The predicted molar refractivity (Wildman–Crippen MR) is 70.4 cm³/mol. The van der Waals surface area contributed by atoms with Gasteiger partial charge in [0.05, 0.1) is 11.9 Å². The van der Waals surface area contributed by atoms with Crippen LogP contribution in [0.1, 0.15) is 25.7 Å². The van der Waals surface area contributed by atoms with E-state index in [1.165, 1.54) is 25.7 Å². The SMILES string of the molecule is CN(C)C1(CNc2cnnc(Cl)c2)CCCC1. The number of hydrogen-bond donors (Lipinski definition) is 1. The molecular formula is C12H19ClN4. The zero-order valence-electron chi connectivity index (χ0n) is 10.4. The fourth-order valence-electron chi connectivity index (χ4n) is 2.52. The standard InChI is InChI=1S/C12H19ClN4/c1-17(2)12(5-3-4-6-12)9-14-10-7-11(13)16-15-8-10/h7-8H,3-6,9H2,1-2H3,(H,14,16). The van der Waals surface area contributed by atoms with E-state index in [2.05, 4.69) is 34.5 Å². The number of anilines is 1. The van der Waals surface area contributed by atoms with Gasteiger partial charge in [-0.15, -0.1) is 5.10 Å². The van der Waals surface area contributed by atoms with Crippen LogP contribution in [-0.2, 0) is 0 Å². The minimum absolute atomic E-state index is 0.274. The molecule has 1 heterocycles. The number of likely N-dealkylation sites (N-methyl/N-ethyl adjacent to an activating group) is 1. The van der Waals surface area contributed by atoms with Gasteiger partial charge in [0.2, 0.25) is 0 Å². The van der Waals surface area contributed by atoms with Gasteiger partial charge in [-0.3, -0.25) is 0 Å². The molecule has 0 unspecified atom stereocenters. The quantitative estimate of drug-likeness (QED) is 0.896. The van der Waals surface area contributed by atoms with Gasteiger partial charge in [-0.05, 0) is 26.9 Å². The molecule has 4 nitrogen and oxygen atoms in total. The lowest BCUT2D eigenvalue weighted by Crippen LogP contribution is -2.47. The van der Waals surface area contributed by atoms with Gasteiger partial charge < -0.3 is 10.2 Å². The lowest BCUT2D eigenvalue weighted by Gasteiger charge is -2.36. The van der Waals surface area contributed by atoms with Crippen LogP contribution in [0.5, 0.6) is 0 Å². The number of nitrogens with zero attached hydrogens (tertiary/aromatic N) is 3. The van der Waals surface area contributed by atoms with Crippen LogP contribution in [0.3, 0.4) is 0 Å². The predicted octanol–water partition coefficient (Wildman–Crippen LogP) is 2.42. The lowest BCUT2D eigenvalue weighted by atomic mass is 9.96. The summed E-state index contributed by atoms with van der Waals surface area (Å²) in [6.07, 6.45) is 6.84. The van der Waals surface area contributed by atoms with Gasteiger partial charge in [0.15, 0.2) is 5.15 Å². The third kappa shape index (κ3) is 2.87. The van der Waals surface area contributed by atoms with Crippen LogP contribution in [-0.4, -0.2) is 41.3 Å². The molecule has 0 aliphatic heterocycles. The molecule has 1 aromatic heterocycles. The van der Waals surface area contributed by atoms with E-state index in [0.717, 1.165) is 12.2 Å². The second kappa shape index (κ2) is 5.19. The van der Waals surface area contributed by atoms with E-state index in [1.807, 2.05) is 6.07 Å². The summed E-state index contributed by atoms with van der Waals surface area (Å²) >= 11 is 5.81. The zero-order chi connectivity index (χ0) is 12.3. The van der Waals surface area contributed by atoms with Crippen LogP contribution in [0.2, 0.25) is 5.15 Å². The topological polar surface area (TPSA) is 41.0 Å². The van der Waals surface area contributed by atoms with Crippen molar-refractivity contribution in [1.29, 1.82) is 0 Å². The number of nitrogens with one attached hydrogen (secondary N) is 1. The van der Waals surface area contributed by atoms with E-state index >= 15 is 0 Å². The molecule has 94 valence electrons. The fourth-order valence-corrected chi connectivity index (χ4v) is 2.68. The van der Waals surface area contributed by atoms with Gasteiger partial charge in [-0.2, -0.15) is 5.10 Å². The van der Waals surface area contributed by atoms with Gasteiger partial charge in [-0.25, -0.2) is 0 Å². The van der Waals surface area contributed by atoms with Crippen molar-refractivity contribution in [2.75, 3.05) is 26.0 Å². The van der Waals surface area contributed by atoms with E-state index in [0.29, 0.717) is 5.15 Å². The Labute approximate surface area is 107 Å². The number of rotatable bonds is 4. The molecule has 5 heteroatoms. The Hall–Kier alpha value is -0.870. The van der Waals surface area contributed by atoms with Crippen LogP contribution >= 0.6 is 11.6 Å². The van der Waals surface area contributed by atoms with E-state index < -0.39 is 0 Å². The average molecular weight is 255 g/mol. The smallest absolute Gasteiger partial charge is 0.153 e. The Morgan fingerprint density at radius 3 is 2.71 bits per heavy atom. The summed E-state index contributed by atoms with van der Waals surface area (Å²) in [5.74, 6) is 0. The summed E-state index contributed by atoms with van der Waals surface area (Å²) in [4.78, 5) is 2.34. The van der Waals surface area contributed by atoms with Crippen LogP contribution in [0.15, 0.2) is 12.3 Å². The highest BCUT2D eigenvalue weighted by molar-refractivity contribution is 6.29. The molecule has 0 saturated heterocycles. The van der Waals surface area contributed by atoms with Crippen LogP contribution in [0, 0.1) is 0 Å². The number of hydrogen-bond acceptors (Lipinski definition) is 4. The summed E-state index contributed by atoms with van der Waals surface area (Å²) in [5.41, 5.74) is 1.22. The molecule has 0 bridgehead atoms. The first-order valence-electron chi connectivity index (χ1n) is 6.02. The van der Waals surface area contributed by atoms with Gasteiger partial charge in [0.1, 0.15) is 0 Å². The number of aromatic nitrogens is 2. The van der Waals surface area contributed by atoms with Crippen LogP contribution in [0.25, 0.3) is 0 Å². The molecule has 1 fully saturated rings. The highest BCUT2D eigenvalue weighted by Crippen LogP contribution is 2.33. The summed E-state index contributed by atoms with van der Waals surface area (Å²) in [7, 11) is 4.32. The third-order valence-electron chi connectivity index (χ3n) is 3.73. The Kier molecular flexibility index (Phi) is 3.84. The molecule has 0 amide bonds. The van der Waals surface area contributed by atoms with Crippen molar-refractivity contribution in [3.05, 3.63) is 17.4 Å². The normalized spacial score (nSPS) is 18.6. The summed E-state index contributed by atoms with van der Waals surface area (Å²) in [6.45, 7) is 0.933. The minimum atomic E-state index is 0.274. The molecular weight excluding hydrogens is 236 g/mol. The summed E-state index contributed by atoms with van der Waals surface area (Å²) in [6, 6.07) is 1.81. The molecule has 0 aromatic carbocycles.